The Kier molecular flexibility index (Phi) is 6.52. The number of ether oxygens (including phenoxy) is 1. The zero-order valence-electron chi connectivity index (χ0n) is 13.8. The van der Waals surface area contributed by atoms with E-state index in [1.54, 1.807) is 19.2 Å². The first-order valence-electron chi connectivity index (χ1n) is 7.58. The van der Waals surface area contributed by atoms with Crippen LogP contribution in [-0.4, -0.2) is 25.5 Å². The lowest BCUT2D eigenvalue weighted by molar-refractivity contribution is -0.120. The van der Waals surface area contributed by atoms with E-state index < -0.39 is 11.7 Å². The average molecular weight is 409 g/mol. The number of carbonyl (C=O) groups is 2. The molecule has 2 rings (SSSR count). The monoisotopic (exact) mass is 408 g/mol. The van der Waals surface area contributed by atoms with Crippen molar-refractivity contribution in [1.29, 1.82) is 0 Å². The van der Waals surface area contributed by atoms with Crippen molar-refractivity contribution in [3.63, 3.8) is 0 Å². The maximum atomic E-state index is 13.5. The standard InChI is InChI=1S/C18H18BrFN2O3/c1-11(12-7-8-16(25-2)14(19)9-12)22-17(23)10-21-18(24)13-5-3-4-6-15(13)20/h3-9,11H,10H2,1-2H3,(H,21,24)(H,22,23)/t11-/m0/s1. The van der Waals surface area contributed by atoms with Crippen molar-refractivity contribution < 1.29 is 18.7 Å². The van der Waals surface area contributed by atoms with Crippen LogP contribution >= 0.6 is 15.9 Å². The highest BCUT2D eigenvalue weighted by molar-refractivity contribution is 9.10. The number of benzene rings is 2. The molecule has 2 aromatic rings. The van der Waals surface area contributed by atoms with Crippen LogP contribution in [0.2, 0.25) is 0 Å². The van der Waals surface area contributed by atoms with Crippen molar-refractivity contribution in [2.45, 2.75) is 13.0 Å². The van der Waals surface area contributed by atoms with E-state index in [1.807, 2.05) is 19.1 Å². The molecule has 0 heterocycles. The fourth-order valence-electron chi connectivity index (χ4n) is 2.23. The summed E-state index contributed by atoms with van der Waals surface area (Å²) in [5.74, 6) is -0.937. The van der Waals surface area contributed by atoms with Gasteiger partial charge in [0, 0.05) is 0 Å². The Morgan fingerprint density at radius 3 is 2.60 bits per heavy atom. The fraction of sp³-hybridized carbons (Fsp3) is 0.222. The first kappa shape index (κ1) is 18.9. The van der Waals surface area contributed by atoms with Crippen LogP contribution in [0.25, 0.3) is 0 Å². The van der Waals surface area contributed by atoms with Crippen LogP contribution < -0.4 is 15.4 Å². The molecule has 132 valence electrons. The Morgan fingerprint density at radius 1 is 1.24 bits per heavy atom. The topological polar surface area (TPSA) is 67.4 Å². The van der Waals surface area contributed by atoms with E-state index >= 15 is 0 Å². The Labute approximate surface area is 153 Å². The van der Waals surface area contributed by atoms with Gasteiger partial charge in [0.15, 0.2) is 0 Å². The van der Waals surface area contributed by atoms with Gasteiger partial charge in [-0.25, -0.2) is 4.39 Å². The normalized spacial score (nSPS) is 11.5. The molecule has 5 nitrogen and oxygen atoms in total. The largest absolute Gasteiger partial charge is 0.496 e. The predicted molar refractivity (Wildman–Crippen MR) is 96.0 cm³/mol. The van der Waals surface area contributed by atoms with Crippen molar-refractivity contribution in [3.8, 4) is 5.75 Å². The van der Waals surface area contributed by atoms with Crippen LogP contribution in [-0.2, 0) is 4.79 Å². The smallest absolute Gasteiger partial charge is 0.254 e. The van der Waals surface area contributed by atoms with Gasteiger partial charge < -0.3 is 15.4 Å². The minimum absolute atomic E-state index is 0.0950. The maximum absolute atomic E-state index is 13.5. The third kappa shape index (κ3) is 5.03. The molecule has 7 heteroatoms. The molecule has 25 heavy (non-hydrogen) atoms. The van der Waals surface area contributed by atoms with Gasteiger partial charge in [-0.05, 0) is 52.7 Å². The van der Waals surface area contributed by atoms with Crippen LogP contribution in [0.3, 0.4) is 0 Å². The molecular weight excluding hydrogens is 391 g/mol. The summed E-state index contributed by atoms with van der Waals surface area (Å²) >= 11 is 3.39. The zero-order valence-corrected chi connectivity index (χ0v) is 15.4. The molecule has 0 aliphatic heterocycles. The molecule has 0 radical (unpaired) electrons. The van der Waals surface area contributed by atoms with E-state index in [0.717, 1.165) is 10.0 Å². The van der Waals surface area contributed by atoms with Gasteiger partial charge in [0.2, 0.25) is 5.91 Å². The second-order valence-corrected chi connectivity index (χ2v) is 6.20. The summed E-state index contributed by atoms with van der Waals surface area (Å²) in [6.07, 6.45) is 0. The van der Waals surface area contributed by atoms with Crippen molar-refractivity contribution in [2.75, 3.05) is 13.7 Å². The van der Waals surface area contributed by atoms with Crippen molar-refractivity contribution in [3.05, 3.63) is 63.9 Å². The van der Waals surface area contributed by atoms with Gasteiger partial charge in [0.05, 0.1) is 29.7 Å². The Hall–Kier alpha value is -2.41. The Balaban J connectivity index is 1.90. The summed E-state index contributed by atoms with van der Waals surface area (Å²) in [5.41, 5.74) is 0.781. The van der Waals surface area contributed by atoms with Crippen molar-refractivity contribution in [2.24, 2.45) is 0 Å². The van der Waals surface area contributed by atoms with E-state index in [-0.39, 0.29) is 24.1 Å². The summed E-state index contributed by atoms with van der Waals surface area (Å²) in [5, 5.41) is 5.18. The molecule has 0 spiro atoms. The molecule has 1 atom stereocenters. The van der Waals surface area contributed by atoms with Crippen LogP contribution in [0.1, 0.15) is 28.9 Å². The Bertz CT molecular complexity index is 783. The van der Waals surface area contributed by atoms with E-state index in [9.17, 15) is 14.0 Å². The molecule has 0 aliphatic rings. The number of amides is 2. The minimum atomic E-state index is -0.631. The van der Waals surface area contributed by atoms with Gasteiger partial charge in [-0.1, -0.05) is 18.2 Å². The van der Waals surface area contributed by atoms with E-state index in [0.29, 0.717) is 5.75 Å². The van der Waals surface area contributed by atoms with E-state index in [2.05, 4.69) is 26.6 Å². The fourth-order valence-corrected chi connectivity index (χ4v) is 2.79. The zero-order chi connectivity index (χ0) is 18.4. The molecular formula is C18H18BrFN2O3. The lowest BCUT2D eigenvalue weighted by Gasteiger charge is -2.16. The van der Waals surface area contributed by atoms with Gasteiger partial charge in [0.1, 0.15) is 11.6 Å². The van der Waals surface area contributed by atoms with Crippen LogP contribution in [0.15, 0.2) is 46.9 Å². The Morgan fingerprint density at radius 2 is 1.96 bits per heavy atom. The van der Waals surface area contributed by atoms with Gasteiger partial charge in [-0.3, -0.25) is 9.59 Å². The highest BCUT2D eigenvalue weighted by atomic mass is 79.9. The quantitative estimate of drug-likeness (QED) is 0.770. The second-order valence-electron chi connectivity index (χ2n) is 5.35. The minimum Gasteiger partial charge on any atom is -0.496 e. The first-order chi connectivity index (χ1) is 11.9. The third-order valence-corrected chi connectivity index (χ3v) is 4.20. The second kappa shape index (κ2) is 8.62. The number of methoxy groups -OCH3 is 1. The summed E-state index contributed by atoms with van der Waals surface area (Å²) in [6, 6.07) is 10.8. The number of rotatable bonds is 6. The lowest BCUT2D eigenvalue weighted by atomic mass is 10.1. The molecule has 0 fully saturated rings. The van der Waals surface area contributed by atoms with E-state index in [4.69, 9.17) is 4.74 Å². The number of carbonyl (C=O) groups excluding carboxylic acids is 2. The van der Waals surface area contributed by atoms with Crippen molar-refractivity contribution in [1.82, 2.24) is 10.6 Å². The molecule has 0 bridgehead atoms. The molecule has 0 unspecified atom stereocenters. The van der Waals surface area contributed by atoms with Crippen LogP contribution in [0, 0.1) is 5.82 Å². The number of hydrogen-bond donors (Lipinski definition) is 2. The summed E-state index contributed by atoms with van der Waals surface area (Å²) in [6.45, 7) is 1.58. The molecule has 0 saturated carbocycles. The highest BCUT2D eigenvalue weighted by Gasteiger charge is 2.14. The molecule has 2 aromatic carbocycles. The van der Waals surface area contributed by atoms with Crippen LogP contribution in [0.4, 0.5) is 4.39 Å². The van der Waals surface area contributed by atoms with Crippen molar-refractivity contribution >= 4 is 27.7 Å². The van der Waals surface area contributed by atoms with Gasteiger partial charge in [0.25, 0.3) is 5.91 Å². The van der Waals surface area contributed by atoms with Crippen LogP contribution in [0.5, 0.6) is 5.75 Å². The third-order valence-electron chi connectivity index (χ3n) is 3.58. The lowest BCUT2D eigenvalue weighted by Crippen LogP contribution is -2.38. The van der Waals surface area contributed by atoms with Gasteiger partial charge in [-0.2, -0.15) is 0 Å². The molecule has 2 N–H and O–H groups in total. The summed E-state index contributed by atoms with van der Waals surface area (Å²) in [7, 11) is 1.57. The number of nitrogens with one attached hydrogen (secondary N) is 2. The molecule has 2 amide bonds. The maximum Gasteiger partial charge on any atom is 0.254 e. The average Bonchev–Trinajstić information content (AvgIpc) is 2.60. The summed E-state index contributed by atoms with van der Waals surface area (Å²) < 4.78 is 19.5. The first-order valence-corrected chi connectivity index (χ1v) is 8.37. The molecule has 0 aromatic heterocycles. The number of hydrogen-bond acceptors (Lipinski definition) is 3. The SMILES string of the molecule is COc1ccc([C@H](C)NC(=O)CNC(=O)c2ccccc2F)cc1Br. The predicted octanol–water partition coefficient (Wildman–Crippen LogP) is 3.20. The van der Waals surface area contributed by atoms with Gasteiger partial charge in [-0.15, -0.1) is 0 Å². The summed E-state index contributed by atoms with van der Waals surface area (Å²) in [4.78, 5) is 23.9. The number of halogens is 2. The van der Waals surface area contributed by atoms with E-state index in [1.165, 1.54) is 18.2 Å². The van der Waals surface area contributed by atoms with Gasteiger partial charge >= 0.3 is 0 Å². The highest BCUT2D eigenvalue weighted by Crippen LogP contribution is 2.27. The molecule has 0 aliphatic carbocycles. The molecule has 0 saturated heterocycles.